The van der Waals surface area contributed by atoms with E-state index in [4.69, 9.17) is 4.42 Å². The molecule has 0 saturated carbocycles. The summed E-state index contributed by atoms with van der Waals surface area (Å²) in [6.45, 7) is 1.77. The van der Waals surface area contributed by atoms with Crippen molar-refractivity contribution in [2.24, 2.45) is 0 Å². The van der Waals surface area contributed by atoms with Crippen LogP contribution in [0.2, 0.25) is 0 Å². The van der Waals surface area contributed by atoms with Gasteiger partial charge in [-0.1, -0.05) is 18.2 Å². The number of rotatable bonds is 3. The lowest BCUT2D eigenvalue weighted by molar-refractivity contribution is 0.102. The summed E-state index contributed by atoms with van der Waals surface area (Å²) >= 11 is 0. The zero-order valence-corrected chi connectivity index (χ0v) is 9.31. The topological polar surface area (TPSA) is 30.2 Å². The maximum atomic E-state index is 12.9. The van der Waals surface area contributed by atoms with Crippen molar-refractivity contribution in [1.82, 2.24) is 0 Å². The second kappa shape index (κ2) is 4.78. The van der Waals surface area contributed by atoms with Crippen LogP contribution in [0.4, 0.5) is 4.39 Å². The Morgan fingerprint density at radius 1 is 1.29 bits per heavy atom. The number of halogens is 1. The van der Waals surface area contributed by atoms with Crippen LogP contribution in [-0.4, -0.2) is 5.78 Å². The van der Waals surface area contributed by atoms with Gasteiger partial charge in [-0.05, 0) is 42.8 Å². The maximum Gasteiger partial charge on any atom is 0.221 e. The highest BCUT2D eigenvalue weighted by molar-refractivity contribution is 6.04. The summed E-state index contributed by atoms with van der Waals surface area (Å²) in [6, 6.07) is 9.37. The van der Waals surface area contributed by atoms with Gasteiger partial charge in [0, 0.05) is 0 Å². The van der Waals surface area contributed by atoms with Crippen LogP contribution in [0.5, 0.6) is 0 Å². The van der Waals surface area contributed by atoms with Crippen LogP contribution in [0.1, 0.15) is 21.9 Å². The molecule has 0 bridgehead atoms. The number of furan rings is 1. The summed E-state index contributed by atoms with van der Waals surface area (Å²) in [5.41, 5.74) is 0.640. The molecule has 1 aromatic carbocycles. The fraction of sp³-hybridized carbons (Fsp3) is 0.0714. The minimum atomic E-state index is -0.326. The van der Waals surface area contributed by atoms with E-state index in [1.165, 1.54) is 18.2 Å². The molecule has 0 spiro atoms. The molecule has 0 saturated heterocycles. The van der Waals surface area contributed by atoms with E-state index in [2.05, 4.69) is 0 Å². The van der Waals surface area contributed by atoms with E-state index in [-0.39, 0.29) is 17.4 Å². The molecule has 1 aromatic heterocycles. The largest absolute Gasteiger partial charge is 0.458 e. The Morgan fingerprint density at radius 3 is 2.76 bits per heavy atom. The van der Waals surface area contributed by atoms with Crippen molar-refractivity contribution < 1.29 is 13.6 Å². The molecule has 3 heteroatoms. The van der Waals surface area contributed by atoms with Crippen molar-refractivity contribution in [2.75, 3.05) is 0 Å². The highest BCUT2D eigenvalue weighted by Gasteiger charge is 2.05. The third-order valence-corrected chi connectivity index (χ3v) is 2.26. The van der Waals surface area contributed by atoms with E-state index in [0.29, 0.717) is 11.3 Å². The van der Waals surface area contributed by atoms with E-state index < -0.39 is 0 Å². The van der Waals surface area contributed by atoms with Gasteiger partial charge in [0.1, 0.15) is 11.6 Å². The number of carbonyl (C=O) groups excluding carboxylic acids is 1. The van der Waals surface area contributed by atoms with Gasteiger partial charge in [-0.25, -0.2) is 4.39 Å². The monoisotopic (exact) mass is 230 g/mol. The Morgan fingerprint density at radius 2 is 2.12 bits per heavy atom. The number of allylic oxidation sites excluding steroid dienone is 1. The average molecular weight is 230 g/mol. The highest BCUT2D eigenvalue weighted by Crippen LogP contribution is 2.10. The van der Waals surface area contributed by atoms with Gasteiger partial charge in [0.15, 0.2) is 5.76 Å². The second-order valence-corrected chi connectivity index (χ2v) is 3.66. The zero-order valence-electron chi connectivity index (χ0n) is 9.31. The predicted octanol–water partition coefficient (Wildman–Crippen LogP) is 3.62. The van der Waals surface area contributed by atoms with Gasteiger partial charge < -0.3 is 4.42 Å². The SMILES string of the molecule is Cc1ccc(C(=O)C=Cc2cccc(F)c2)o1. The molecule has 0 aliphatic rings. The normalized spacial score (nSPS) is 10.9. The van der Waals surface area contributed by atoms with Crippen LogP contribution in [0, 0.1) is 12.7 Å². The molecule has 0 radical (unpaired) electrons. The smallest absolute Gasteiger partial charge is 0.221 e. The molecular formula is C14H11FO2. The first-order chi connectivity index (χ1) is 8.15. The lowest BCUT2D eigenvalue weighted by atomic mass is 10.2. The lowest BCUT2D eigenvalue weighted by Gasteiger charge is -1.93. The number of aryl methyl sites for hydroxylation is 1. The quantitative estimate of drug-likeness (QED) is 0.595. The summed E-state index contributed by atoms with van der Waals surface area (Å²) < 4.78 is 18.1. The minimum Gasteiger partial charge on any atom is -0.458 e. The van der Waals surface area contributed by atoms with Crippen molar-refractivity contribution in [3.05, 3.63) is 65.4 Å². The van der Waals surface area contributed by atoms with Crippen LogP contribution < -0.4 is 0 Å². The minimum absolute atomic E-state index is 0.234. The van der Waals surface area contributed by atoms with E-state index in [9.17, 15) is 9.18 Å². The van der Waals surface area contributed by atoms with Gasteiger partial charge in [-0.2, -0.15) is 0 Å². The third-order valence-electron chi connectivity index (χ3n) is 2.26. The summed E-state index contributed by atoms with van der Waals surface area (Å²) in [5, 5.41) is 0. The Kier molecular flexibility index (Phi) is 3.19. The van der Waals surface area contributed by atoms with Gasteiger partial charge in [0.25, 0.3) is 0 Å². The number of benzene rings is 1. The Hall–Kier alpha value is -2.16. The molecule has 0 aliphatic heterocycles. The van der Waals surface area contributed by atoms with Crippen molar-refractivity contribution in [1.29, 1.82) is 0 Å². The highest BCUT2D eigenvalue weighted by atomic mass is 19.1. The van der Waals surface area contributed by atoms with Gasteiger partial charge in [0.05, 0.1) is 0 Å². The molecule has 0 aliphatic carbocycles. The molecule has 0 amide bonds. The van der Waals surface area contributed by atoms with Gasteiger partial charge >= 0.3 is 0 Å². The van der Waals surface area contributed by atoms with Crippen LogP contribution in [-0.2, 0) is 0 Å². The second-order valence-electron chi connectivity index (χ2n) is 3.66. The molecular weight excluding hydrogens is 219 g/mol. The zero-order chi connectivity index (χ0) is 12.3. The third kappa shape index (κ3) is 2.91. The first kappa shape index (κ1) is 11.3. The fourth-order valence-electron chi connectivity index (χ4n) is 1.43. The van der Waals surface area contributed by atoms with Gasteiger partial charge in [-0.3, -0.25) is 4.79 Å². The molecule has 86 valence electrons. The molecule has 17 heavy (non-hydrogen) atoms. The molecule has 0 fully saturated rings. The van der Waals surface area contributed by atoms with Crippen molar-refractivity contribution in [3.8, 4) is 0 Å². The number of hydrogen-bond acceptors (Lipinski definition) is 2. The van der Waals surface area contributed by atoms with E-state index in [0.717, 1.165) is 0 Å². The lowest BCUT2D eigenvalue weighted by Crippen LogP contribution is -1.90. The van der Waals surface area contributed by atoms with E-state index in [1.54, 1.807) is 37.3 Å². The van der Waals surface area contributed by atoms with E-state index >= 15 is 0 Å². The first-order valence-corrected chi connectivity index (χ1v) is 5.19. The molecule has 2 aromatic rings. The van der Waals surface area contributed by atoms with Gasteiger partial charge in [0.2, 0.25) is 5.78 Å². The summed E-state index contributed by atoms with van der Waals surface area (Å²) in [5.74, 6) is 0.415. The van der Waals surface area contributed by atoms with Gasteiger partial charge in [-0.15, -0.1) is 0 Å². The van der Waals surface area contributed by atoms with E-state index in [1.807, 2.05) is 0 Å². The van der Waals surface area contributed by atoms with Crippen molar-refractivity contribution in [2.45, 2.75) is 6.92 Å². The van der Waals surface area contributed by atoms with Crippen LogP contribution in [0.15, 0.2) is 46.9 Å². The maximum absolute atomic E-state index is 12.9. The fourth-order valence-corrected chi connectivity index (χ4v) is 1.43. The van der Waals surface area contributed by atoms with Crippen molar-refractivity contribution >= 4 is 11.9 Å². The Labute approximate surface area is 98.4 Å². The molecule has 0 unspecified atom stereocenters. The number of hydrogen-bond donors (Lipinski definition) is 0. The molecule has 2 nitrogen and oxygen atoms in total. The number of carbonyl (C=O) groups is 1. The van der Waals surface area contributed by atoms with Crippen LogP contribution in [0.3, 0.4) is 0 Å². The average Bonchev–Trinajstić information content (AvgIpc) is 2.73. The standard InChI is InChI=1S/C14H11FO2/c1-10-5-8-14(17-10)13(16)7-6-11-3-2-4-12(15)9-11/h2-9H,1H3. The summed E-state index contributed by atoms with van der Waals surface area (Å²) in [4.78, 5) is 11.6. The molecule has 1 heterocycles. The molecule has 0 N–H and O–H groups in total. The summed E-state index contributed by atoms with van der Waals surface area (Å²) in [6.07, 6.45) is 2.93. The van der Waals surface area contributed by atoms with Crippen molar-refractivity contribution in [3.63, 3.8) is 0 Å². The van der Waals surface area contributed by atoms with Crippen LogP contribution in [0.25, 0.3) is 6.08 Å². The molecule has 2 rings (SSSR count). The predicted molar refractivity (Wildman–Crippen MR) is 63.2 cm³/mol. The Balaban J connectivity index is 2.13. The molecule has 0 atom stereocenters. The Bertz CT molecular complexity index is 567. The number of ketones is 1. The first-order valence-electron chi connectivity index (χ1n) is 5.19. The summed E-state index contributed by atoms with van der Waals surface area (Å²) in [7, 11) is 0. The van der Waals surface area contributed by atoms with Crippen LogP contribution >= 0.6 is 0 Å².